The standard InChI is InChI=1S/C27H32N2O4/c30-27-26-10-9-23(32-17-24-2-1-13-31-24)14-18(26)11-12-29(27)21-5-7-22(8-6-21)33-25-15-19-3-4-20(16-25)28-19/h5-10,14,19-20,24-25,28H,1-4,11-13,15-17H2/t19?,20?,24-,25?/m0/s1. The molecular formula is C27H32N2O4. The van der Waals surface area contributed by atoms with Crippen LogP contribution in [0.1, 0.15) is 54.4 Å². The molecule has 6 rings (SSSR count). The van der Waals surface area contributed by atoms with Crippen molar-refractivity contribution < 1.29 is 19.0 Å². The van der Waals surface area contributed by atoms with Gasteiger partial charge in [-0.3, -0.25) is 4.79 Å². The van der Waals surface area contributed by atoms with Crippen LogP contribution < -0.4 is 19.7 Å². The third-order valence-corrected chi connectivity index (χ3v) is 7.50. The van der Waals surface area contributed by atoms with Gasteiger partial charge < -0.3 is 24.4 Å². The molecule has 1 amide bonds. The summed E-state index contributed by atoms with van der Waals surface area (Å²) in [5.74, 6) is 1.76. The van der Waals surface area contributed by atoms with Crippen LogP contribution >= 0.6 is 0 Å². The van der Waals surface area contributed by atoms with E-state index in [-0.39, 0.29) is 18.1 Å². The maximum Gasteiger partial charge on any atom is 0.258 e. The first-order valence-corrected chi connectivity index (χ1v) is 12.4. The number of benzene rings is 2. The van der Waals surface area contributed by atoms with Gasteiger partial charge in [0, 0.05) is 36.5 Å². The number of hydrogen-bond acceptors (Lipinski definition) is 5. The van der Waals surface area contributed by atoms with Crippen LogP contribution in [0.4, 0.5) is 5.69 Å². The lowest BCUT2D eigenvalue weighted by molar-refractivity contribution is 0.0679. The highest BCUT2D eigenvalue weighted by atomic mass is 16.5. The average Bonchev–Trinajstić information content (AvgIpc) is 3.48. The normalized spacial score (nSPS) is 28.6. The third-order valence-electron chi connectivity index (χ3n) is 7.50. The van der Waals surface area contributed by atoms with Gasteiger partial charge in [-0.25, -0.2) is 0 Å². The summed E-state index contributed by atoms with van der Waals surface area (Å²) in [6, 6.07) is 15.1. The van der Waals surface area contributed by atoms with Gasteiger partial charge in [-0.05, 0) is 93.0 Å². The van der Waals surface area contributed by atoms with Gasteiger partial charge in [0.2, 0.25) is 0 Å². The fraction of sp³-hybridized carbons (Fsp3) is 0.519. The first-order chi connectivity index (χ1) is 16.2. The quantitative estimate of drug-likeness (QED) is 0.721. The van der Waals surface area contributed by atoms with Crippen LogP contribution in [0.25, 0.3) is 0 Å². The Hall–Kier alpha value is -2.57. The Morgan fingerprint density at radius 2 is 1.79 bits per heavy atom. The van der Waals surface area contributed by atoms with Crippen LogP contribution in [0, 0.1) is 0 Å². The molecule has 2 unspecified atom stereocenters. The average molecular weight is 449 g/mol. The lowest BCUT2D eigenvalue weighted by Crippen LogP contribution is -2.42. The molecule has 2 aromatic rings. The number of hydrogen-bond donors (Lipinski definition) is 1. The summed E-state index contributed by atoms with van der Waals surface area (Å²) in [6.07, 6.45) is 8.15. The van der Waals surface area contributed by atoms with E-state index >= 15 is 0 Å². The van der Waals surface area contributed by atoms with Gasteiger partial charge in [-0.2, -0.15) is 0 Å². The molecule has 6 nitrogen and oxygen atoms in total. The number of piperidine rings is 1. The zero-order valence-electron chi connectivity index (χ0n) is 19.0. The summed E-state index contributed by atoms with van der Waals surface area (Å²) >= 11 is 0. The largest absolute Gasteiger partial charge is 0.491 e. The summed E-state index contributed by atoms with van der Waals surface area (Å²) in [5, 5.41) is 3.66. The molecule has 174 valence electrons. The zero-order valence-corrected chi connectivity index (χ0v) is 19.0. The number of rotatable bonds is 6. The minimum atomic E-state index is 0.0468. The van der Waals surface area contributed by atoms with Gasteiger partial charge in [0.05, 0.1) is 6.10 Å². The highest BCUT2D eigenvalue weighted by molar-refractivity contribution is 6.08. The number of nitrogens with one attached hydrogen (secondary N) is 1. The summed E-state index contributed by atoms with van der Waals surface area (Å²) < 4.78 is 17.8. The van der Waals surface area contributed by atoms with Crippen molar-refractivity contribution in [3.63, 3.8) is 0 Å². The number of nitrogens with zero attached hydrogens (tertiary/aromatic N) is 1. The second kappa shape index (κ2) is 8.99. The van der Waals surface area contributed by atoms with Gasteiger partial charge in [0.25, 0.3) is 5.91 Å². The van der Waals surface area contributed by atoms with Gasteiger partial charge in [-0.15, -0.1) is 0 Å². The molecule has 0 aromatic heterocycles. The highest BCUT2D eigenvalue weighted by Gasteiger charge is 2.34. The van der Waals surface area contributed by atoms with Crippen molar-refractivity contribution in [2.75, 3.05) is 24.7 Å². The molecule has 3 saturated heterocycles. The molecule has 2 aromatic carbocycles. The molecular weight excluding hydrogens is 416 g/mol. The molecule has 3 fully saturated rings. The number of carbonyl (C=O) groups is 1. The smallest absolute Gasteiger partial charge is 0.258 e. The fourth-order valence-corrected chi connectivity index (χ4v) is 5.76. The van der Waals surface area contributed by atoms with Gasteiger partial charge >= 0.3 is 0 Å². The molecule has 0 saturated carbocycles. The molecule has 0 aliphatic carbocycles. The Morgan fingerprint density at radius 1 is 1.00 bits per heavy atom. The molecule has 33 heavy (non-hydrogen) atoms. The molecule has 6 heteroatoms. The molecule has 4 aliphatic heterocycles. The molecule has 4 heterocycles. The van der Waals surface area contributed by atoms with E-state index in [2.05, 4.69) is 5.32 Å². The molecule has 2 bridgehead atoms. The second-order valence-corrected chi connectivity index (χ2v) is 9.81. The summed E-state index contributed by atoms with van der Waals surface area (Å²) in [7, 11) is 0. The van der Waals surface area contributed by atoms with Crippen LogP contribution in [0.15, 0.2) is 42.5 Å². The lowest BCUT2D eigenvalue weighted by atomic mass is 9.98. The fourth-order valence-electron chi connectivity index (χ4n) is 5.76. The van der Waals surface area contributed by atoms with Crippen LogP contribution in [0.2, 0.25) is 0 Å². The van der Waals surface area contributed by atoms with E-state index in [9.17, 15) is 4.79 Å². The first-order valence-electron chi connectivity index (χ1n) is 12.4. The minimum Gasteiger partial charge on any atom is -0.491 e. The Bertz CT molecular complexity index is 990. The predicted octanol–water partition coefficient (Wildman–Crippen LogP) is 4.11. The van der Waals surface area contributed by atoms with E-state index in [0.717, 1.165) is 67.0 Å². The Kier molecular flexibility index (Phi) is 5.72. The van der Waals surface area contributed by atoms with Crippen molar-refractivity contribution in [1.29, 1.82) is 0 Å². The van der Waals surface area contributed by atoms with E-state index in [4.69, 9.17) is 14.2 Å². The van der Waals surface area contributed by atoms with Crippen molar-refractivity contribution in [2.45, 2.75) is 69.2 Å². The minimum absolute atomic E-state index is 0.0468. The molecule has 3 atom stereocenters. The molecule has 0 radical (unpaired) electrons. The topological polar surface area (TPSA) is 60.0 Å². The maximum atomic E-state index is 13.2. The summed E-state index contributed by atoms with van der Waals surface area (Å²) in [4.78, 5) is 15.1. The van der Waals surface area contributed by atoms with Crippen molar-refractivity contribution in [3.05, 3.63) is 53.6 Å². The number of carbonyl (C=O) groups excluding carboxylic acids is 1. The van der Waals surface area contributed by atoms with E-state index in [1.54, 1.807) is 0 Å². The summed E-state index contributed by atoms with van der Waals surface area (Å²) in [5.41, 5.74) is 2.74. The van der Waals surface area contributed by atoms with Gasteiger partial charge in [-0.1, -0.05) is 0 Å². The maximum absolute atomic E-state index is 13.2. The Morgan fingerprint density at radius 3 is 2.55 bits per heavy atom. The molecule has 0 spiro atoms. The van der Waals surface area contributed by atoms with Crippen molar-refractivity contribution >= 4 is 11.6 Å². The van der Waals surface area contributed by atoms with Crippen molar-refractivity contribution in [1.82, 2.24) is 5.32 Å². The molecule has 4 aliphatic rings. The Labute approximate surface area is 195 Å². The third kappa shape index (κ3) is 4.46. The van der Waals surface area contributed by atoms with E-state index < -0.39 is 0 Å². The first kappa shape index (κ1) is 21.0. The van der Waals surface area contributed by atoms with E-state index in [1.807, 2.05) is 47.4 Å². The molecule has 1 N–H and O–H groups in total. The lowest BCUT2D eigenvalue weighted by Gasteiger charge is -2.30. The van der Waals surface area contributed by atoms with Crippen LogP contribution in [-0.4, -0.2) is 50.0 Å². The SMILES string of the molecule is O=C1c2ccc(OC[C@@H]3CCCO3)cc2CCN1c1ccc(OC2CC3CCC(C2)N3)cc1. The summed E-state index contributed by atoms with van der Waals surface area (Å²) in [6.45, 7) is 2.07. The van der Waals surface area contributed by atoms with Crippen molar-refractivity contribution in [2.24, 2.45) is 0 Å². The van der Waals surface area contributed by atoms with Crippen LogP contribution in [0.5, 0.6) is 11.5 Å². The predicted molar refractivity (Wildman–Crippen MR) is 126 cm³/mol. The zero-order chi connectivity index (χ0) is 22.2. The van der Waals surface area contributed by atoms with Gasteiger partial charge in [0.15, 0.2) is 0 Å². The van der Waals surface area contributed by atoms with Crippen LogP contribution in [0.3, 0.4) is 0 Å². The monoisotopic (exact) mass is 448 g/mol. The Balaban J connectivity index is 1.09. The number of fused-ring (bicyclic) bond motifs is 3. The number of amides is 1. The van der Waals surface area contributed by atoms with Gasteiger partial charge in [0.1, 0.15) is 24.2 Å². The second-order valence-electron chi connectivity index (χ2n) is 9.81. The van der Waals surface area contributed by atoms with Crippen molar-refractivity contribution in [3.8, 4) is 11.5 Å². The highest BCUT2D eigenvalue weighted by Crippen LogP contribution is 2.32. The number of ether oxygens (including phenoxy) is 3. The van der Waals surface area contributed by atoms with Crippen LogP contribution in [-0.2, 0) is 11.2 Å². The van der Waals surface area contributed by atoms with E-state index in [0.29, 0.717) is 25.2 Å². The van der Waals surface area contributed by atoms with E-state index in [1.165, 1.54) is 12.8 Å². The number of anilines is 1.